The van der Waals surface area contributed by atoms with Gasteiger partial charge in [0.05, 0.1) is 0 Å². The lowest BCUT2D eigenvalue weighted by Gasteiger charge is -2.42. The van der Waals surface area contributed by atoms with Crippen LogP contribution in [-0.2, 0) is 6.42 Å². The Balaban J connectivity index is 2.39. The van der Waals surface area contributed by atoms with E-state index in [0.717, 1.165) is 6.54 Å². The summed E-state index contributed by atoms with van der Waals surface area (Å²) >= 11 is 0. The Morgan fingerprint density at radius 3 is 2.87 bits per heavy atom. The first-order valence-corrected chi connectivity index (χ1v) is 6.07. The molecule has 0 radical (unpaired) electrons. The van der Waals surface area contributed by atoms with Crippen LogP contribution in [0.25, 0.3) is 0 Å². The third kappa shape index (κ3) is 1.71. The third-order valence-corrected chi connectivity index (χ3v) is 3.61. The van der Waals surface area contributed by atoms with Gasteiger partial charge in [-0.1, -0.05) is 20.8 Å². The summed E-state index contributed by atoms with van der Waals surface area (Å²) in [5, 5.41) is 0. The quantitative estimate of drug-likeness (QED) is 0.788. The topological polar surface area (TPSA) is 19.0 Å². The number of likely N-dealkylation sites (N-methyl/N-ethyl adjacent to an activating group) is 1. The molecule has 0 spiro atoms. The summed E-state index contributed by atoms with van der Waals surface area (Å²) in [5.41, 5.74) is 2.97. The standard InChI is InChI=1S/C13H22N2/c1-5-15-10(4)8-12-11(6-7-14-12)13(15)9(2)3/h6-7,9-10,13-14H,5,8H2,1-4H3/t10-,13-/m0/s1. The van der Waals surface area contributed by atoms with Crippen molar-refractivity contribution in [2.45, 2.75) is 46.2 Å². The monoisotopic (exact) mass is 206 g/mol. The van der Waals surface area contributed by atoms with E-state index in [1.807, 2.05) is 0 Å². The van der Waals surface area contributed by atoms with Crippen molar-refractivity contribution in [2.75, 3.05) is 6.54 Å². The zero-order chi connectivity index (χ0) is 11.0. The summed E-state index contributed by atoms with van der Waals surface area (Å²) in [6, 6.07) is 3.52. The molecule has 2 heteroatoms. The van der Waals surface area contributed by atoms with E-state index in [-0.39, 0.29) is 0 Å². The van der Waals surface area contributed by atoms with E-state index >= 15 is 0 Å². The minimum absolute atomic E-state index is 0.597. The Bertz CT molecular complexity index is 327. The predicted molar refractivity (Wildman–Crippen MR) is 63.9 cm³/mol. The first-order valence-electron chi connectivity index (χ1n) is 6.07. The summed E-state index contributed by atoms with van der Waals surface area (Å²) in [6.45, 7) is 10.4. The Morgan fingerprint density at radius 2 is 2.27 bits per heavy atom. The molecule has 84 valence electrons. The highest BCUT2D eigenvalue weighted by Gasteiger charge is 2.33. The van der Waals surface area contributed by atoms with Crippen LogP contribution in [0.15, 0.2) is 12.3 Å². The fraction of sp³-hybridized carbons (Fsp3) is 0.692. The van der Waals surface area contributed by atoms with Crippen LogP contribution in [0, 0.1) is 5.92 Å². The molecular formula is C13H22N2. The van der Waals surface area contributed by atoms with Gasteiger partial charge in [-0.15, -0.1) is 0 Å². The maximum atomic E-state index is 3.39. The van der Waals surface area contributed by atoms with Crippen molar-refractivity contribution in [3.63, 3.8) is 0 Å². The fourth-order valence-electron chi connectivity index (χ4n) is 2.99. The van der Waals surface area contributed by atoms with Gasteiger partial charge in [-0.2, -0.15) is 0 Å². The van der Waals surface area contributed by atoms with E-state index in [0.29, 0.717) is 18.0 Å². The van der Waals surface area contributed by atoms with E-state index in [9.17, 15) is 0 Å². The van der Waals surface area contributed by atoms with Crippen LogP contribution in [0.3, 0.4) is 0 Å². The van der Waals surface area contributed by atoms with Gasteiger partial charge in [-0.25, -0.2) is 0 Å². The second-order valence-electron chi connectivity index (χ2n) is 4.98. The van der Waals surface area contributed by atoms with Gasteiger partial charge in [0, 0.05) is 30.4 Å². The molecular weight excluding hydrogens is 184 g/mol. The fourth-order valence-corrected chi connectivity index (χ4v) is 2.99. The van der Waals surface area contributed by atoms with Crippen molar-refractivity contribution < 1.29 is 0 Å². The molecule has 15 heavy (non-hydrogen) atoms. The minimum Gasteiger partial charge on any atom is -0.365 e. The summed E-state index contributed by atoms with van der Waals surface area (Å²) in [5.74, 6) is 0.683. The summed E-state index contributed by atoms with van der Waals surface area (Å²) in [4.78, 5) is 6.02. The number of fused-ring (bicyclic) bond motifs is 1. The van der Waals surface area contributed by atoms with Crippen LogP contribution in [0.4, 0.5) is 0 Å². The Labute approximate surface area is 92.7 Å². The Hall–Kier alpha value is -0.760. The van der Waals surface area contributed by atoms with E-state index < -0.39 is 0 Å². The number of hydrogen-bond donors (Lipinski definition) is 1. The van der Waals surface area contributed by atoms with E-state index in [1.54, 1.807) is 0 Å². The van der Waals surface area contributed by atoms with E-state index in [1.165, 1.54) is 17.7 Å². The number of nitrogens with one attached hydrogen (secondary N) is 1. The molecule has 2 rings (SSSR count). The van der Waals surface area contributed by atoms with Crippen molar-refractivity contribution in [1.29, 1.82) is 0 Å². The number of rotatable bonds is 2. The van der Waals surface area contributed by atoms with Crippen molar-refractivity contribution in [2.24, 2.45) is 5.92 Å². The van der Waals surface area contributed by atoms with Gasteiger partial charge in [-0.3, -0.25) is 4.90 Å². The molecule has 0 fully saturated rings. The summed E-state index contributed by atoms with van der Waals surface area (Å²) < 4.78 is 0. The van der Waals surface area contributed by atoms with Gasteiger partial charge in [0.15, 0.2) is 0 Å². The molecule has 0 bridgehead atoms. The third-order valence-electron chi connectivity index (χ3n) is 3.61. The number of H-pyrrole nitrogens is 1. The Morgan fingerprint density at radius 1 is 1.53 bits per heavy atom. The molecule has 1 N–H and O–H groups in total. The van der Waals surface area contributed by atoms with Crippen LogP contribution >= 0.6 is 0 Å². The average molecular weight is 206 g/mol. The Kier molecular flexibility index (Phi) is 2.87. The molecule has 1 aromatic heterocycles. The molecule has 0 unspecified atom stereocenters. The number of nitrogens with zero attached hydrogens (tertiary/aromatic N) is 1. The van der Waals surface area contributed by atoms with Crippen molar-refractivity contribution >= 4 is 0 Å². The van der Waals surface area contributed by atoms with Gasteiger partial charge in [0.25, 0.3) is 0 Å². The zero-order valence-corrected chi connectivity index (χ0v) is 10.2. The largest absolute Gasteiger partial charge is 0.365 e. The highest BCUT2D eigenvalue weighted by Crippen LogP contribution is 2.36. The first-order chi connectivity index (χ1) is 7.15. The second kappa shape index (κ2) is 4.01. The van der Waals surface area contributed by atoms with Crippen molar-refractivity contribution in [3.8, 4) is 0 Å². The van der Waals surface area contributed by atoms with Crippen LogP contribution in [0.5, 0.6) is 0 Å². The molecule has 0 amide bonds. The van der Waals surface area contributed by atoms with Crippen LogP contribution < -0.4 is 0 Å². The molecule has 0 saturated carbocycles. The lowest BCUT2D eigenvalue weighted by Crippen LogP contribution is -2.43. The highest BCUT2D eigenvalue weighted by atomic mass is 15.2. The van der Waals surface area contributed by atoms with Gasteiger partial charge in [-0.05, 0) is 31.0 Å². The van der Waals surface area contributed by atoms with Crippen LogP contribution in [0.2, 0.25) is 0 Å². The molecule has 0 aromatic carbocycles. The lowest BCUT2D eigenvalue weighted by atomic mass is 9.87. The molecule has 0 aliphatic carbocycles. The first kappa shape index (κ1) is 10.7. The predicted octanol–water partition coefficient (Wildman–Crippen LogP) is 2.98. The average Bonchev–Trinajstić information content (AvgIpc) is 2.62. The smallest absolute Gasteiger partial charge is 0.0391 e. The summed E-state index contributed by atoms with van der Waals surface area (Å²) in [6.07, 6.45) is 3.26. The van der Waals surface area contributed by atoms with E-state index in [2.05, 4.69) is 49.8 Å². The SMILES string of the molecule is CCN1[C@@H](C(C)C)c2cc[nH]c2C[C@@H]1C. The normalized spacial score (nSPS) is 27.0. The van der Waals surface area contributed by atoms with Gasteiger partial charge in [0.2, 0.25) is 0 Å². The zero-order valence-electron chi connectivity index (χ0n) is 10.2. The van der Waals surface area contributed by atoms with Crippen LogP contribution in [-0.4, -0.2) is 22.5 Å². The van der Waals surface area contributed by atoms with Crippen LogP contribution in [0.1, 0.15) is 45.0 Å². The molecule has 2 heterocycles. The van der Waals surface area contributed by atoms with E-state index in [4.69, 9.17) is 0 Å². The van der Waals surface area contributed by atoms with Crippen molar-refractivity contribution in [3.05, 3.63) is 23.5 Å². The van der Waals surface area contributed by atoms with Gasteiger partial charge >= 0.3 is 0 Å². The summed E-state index contributed by atoms with van der Waals surface area (Å²) in [7, 11) is 0. The molecule has 2 atom stereocenters. The highest BCUT2D eigenvalue weighted by molar-refractivity contribution is 5.28. The lowest BCUT2D eigenvalue weighted by molar-refractivity contribution is 0.101. The molecule has 1 aliphatic heterocycles. The maximum Gasteiger partial charge on any atom is 0.0391 e. The molecule has 1 aromatic rings. The van der Waals surface area contributed by atoms with Crippen molar-refractivity contribution in [1.82, 2.24) is 9.88 Å². The molecule has 2 nitrogen and oxygen atoms in total. The number of aromatic nitrogens is 1. The number of aromatic amines is 1. The molecule has 0 saturated heterocycles. The van der Waals surface area contributed by atoms with Gasteiger partial charge in [0.1, 0.15) is 0 Å². The minimum atomic E-state index is 0.597. The molecule has 1 aliphatic rings. The van der Waals surface area contributed by atoms with Gasteiger partial charge < -0.3 is 4.98 Å². The number of hydrogen-bond acceptors (Lipinski definition) is 1. The maximum absolute atomic E-state index is 3.39. The second-order valence-corrected chi connectivity index (χ2v) is 4.98.